The van der Waals surface area contributed by atoms with E-state index in [0.717, 1.165) is 21.7 Å². The van der Waals surface area contributed by atoms with Gasteiger partial charge in [0, 0.05) is 16.0 Å². The van der Waals surface area contributed by atoms with Crippen LogP contribution in [0, 0.1) is 0 Å². The highest BCUT2D eigenvalue weighted by Crippen LogP contribution is 2.38. The predicted octanol–water partition coefficient (Wildman–Crippen LogP) is 3.77. The van der Waals surface area contributed by atoms with Crippen LogP contribution in [0.15, 0.2) is 22.7 Å². The van der Waals surface area contributed by atoms with Gasteiger partial charge in [-0.3, -0.25) is 5.10 Å². The van der Waals surface area contributed by atoms with Gasteiger partial charge >= 0.3 is 0 Å². The molecule has 0 aliphatic heterocycles. The van der Waals surface area contributed by atoms with Gasteiger partial charge in [-0.25, -0.2) is 4.98 Å². The highest BCUT2D eigenvalue weighted by Gasteiger charge is 2.27. The Bertz CT molecular complexity index is 534. The van der Waals surface area contributed by atoms with Crippen molar-refractivity contribution in [2.45, 2.75) is 18.8 Å². The first-order chi connectivity index (χ1) is 7.74. The Kier molecular flexibility index (Phi) is 2.48. The lowest BCUT2D eigenvalue weighted by Crippen LogP contribution is -1.82. The molecule has 1 aromatic carbocycles. The molecule has 1 aliphatic carbocycles. The lowest BCUT2D eigenvalue weighted by molar-refractivity contribution is 0.935. The Labute approximate surface area is 106 Å². The van der Waals surface area contributed by atoms with Crippen molar-refractivity contribution in [3.8, 4) is 11.4 Å². The van der Waals surface area contributed by atoms with Gasteiger partial charge in [0.25, 0.3) is 0 Å². The fourth-order valence-electron chi connectivity index (χ4n) is 1.58. The molecule has 1 fully saturated rings. The molecule has 1 N–H and O–H groups in total. The molecular formula is C11H9BrClN3. The number of halogens is 2. The fourth-order valence-corrected chi connectivity index (χ4v) is 2.07. The van der Waals surface area contributed by atoms with Crippen molar-refractivity contribution < 1.29 is 0 Å². The largest absolute Gasteiger partial charge is 0.262 e. The third-order valence-corrected chi connectivity index (χ3v) is 3.86. The van der Waals surface area contributed by atoms with Crippen molar-refractivity contribution in [2.24, 2.45) is 0 Å². The summed E-state index contributed by atoms with van der Waals surface area (Å²) in [5, 5.41) is 7.91. The van der Waals surface area contributed by atoms with E-state index in [9.17, 15) is 0 Å². The fraction of sp³-hybridized carbons (Fsp3) is 0.273. The summed E-state index contributed by atoms with van der Waals surface area (Å²) in [5.74, 6) is 2.33. The van der Waals surface area contributed by atoms with Crippen molar-refractivity contribution >= 4 is 27.5 Å². The SMILES string of the molecule is Clc1ccc(-c2n[nH]c(C3CC3)n2)cc1Br. The smallest absolute Gasteiger partial charge is 0.181 e. The third-order valence-electron chi connectivity index (χ3n) is 2.64. The van der Waals surface area contributed by atoms with Crippen molar-refractivity contribution in [1.82, 2.24) is 15.2 Å². The highest BCUT2D eigenvalue weighted by molar-refractivity contribution is 9.10. The van der Waals surface area contributed by atoms with E-state index >= 15 is 0 Å². The third kappa shape index (κ3) is 1.87. The lowest BCUT2D eigenvalue weighted by atomic mass is 10.2. The Morgan fingerprint density at radius 1 is 1.38 bits per heavy atom. The van der Waals surface area contributed by atoms with E-state index in [1.165, 1.54) is 12.8 Å². The summed E-state index contributed by atoms with van der Waals surface area (Å²) in [4.78, 5) is 4.48. The summed E-state index contributed by atoms with van der Waals surface area (Å²) < 4.78 is 0.865. The molecule has 0 spiro atoms. The standard InChI is InChI=1S/C11H9BrClN3/c12-8-5-7(3-4-9(8)13)11-14-10(15-16-11)6-1-2-6/h3-6H,1-2H2,(H,14,15,16). The number of nitrogens with zero attached hydrogens (tertiary/aromatic N) is 2. The lowest BCUT2D eigenvalue weighted by Gasteiger charge is -1.98. The van der Waals surface area contributed by atoms with E-state index in [-0.39, 0.29) is 0 Å². The Hall–Kier alpha value is -0.870. The number of nitrogens with one attached hydrogen (secondary N) is 1. The Morgan fingerprint density at radius 3 is 2.88 bits per heavy atom. The van der Waals surface area contributed by atoms with Crippen LogP contribution in [0.25, 0.3) is 11.4 Å². The summed E-state index contributed by atoms with van der Waals surface area (Å²) in [6, 6.07) is 5.70. The van der Waals surface area contributed by atoms with E-state index in [0.29, 0.717) is 10.9 Å². The molecule has 0 atom stereocenters. The molecule has 3 rings (SSSR count). The number of aromatic nitrogens is 3. The Morgan fingerprint density at radius 2 is 2.19 bits per heavy atom. The number of aromatic amines is 1. The van der Waals surface area contributed by atoms with E-state index in [2.05, 4.69) is 31.1 Å². The molecule has 1 aromatic heterocycles. The summed E-state index contributed by atoms with van der Waals surface area (Å²) >= 11 is 9.33. The van der Waals surface area contributed by atoms with Gasteiger partial charge < -0.3 is 0 Å². The number of rotatable bonds is 2. The zero-order valence-corrected chi connectivity index (χ0v) is 10.7. The molecule has 0 radical (unpaired) electrons. The van der Waals surface area contributed by atoms with Crippen LogP contribution in [0.3, 0.4) is 0 Å². The second-order valence-corrected chi connectivity index (χ2v) is 5.21. The monoisotopic (exact) mass is 297 g/mol. The van der Waals surface area contributed by atoms with Crippen LogP contribution in [-0.2, 0) is 0 Å². The van der Waals surface area contributed by atoms with Gasteiger partial charge in [-0.15, -0.1) is 0 Å². The molecule has 5 heteroatoms. The molecule has 1 heterocycles. The van der Waals surface area contributed by atoms with Gasteiger partial charge in [-0.2, -0.15) is 5.10 Å². The van der Waals surface area contributed by atoms with Crippen molar-refractivity contribution in [3.05, 3.63) is 33.5 Å². The van der Waals surface area contributed by atoms with Crippen molar-refractivity contribution in [1.29, 1.82) is 0 Å². The highest BCUT2D eigenvalue weighted by atomic mass is 79.9. The second-order valence-electron chi connectivity index (χ2n) is 3.95. The molecule has 16 heavy (non-hydrogen) atoms. The molecule has 0 unspecified atom stereocenters. The van der Waals surface area contributed by atoms with Crippen LogP contribution in [0.2, 0.25) is 5.02 Å². The van der Waals surface area contributed by atoms with Crippen LogP contribution in [0.1, 0.15) is 24.6 Å². The van der Waals surface area contributed by atoms with Crippen molar-refractivity contribution in [2.75, 3.05) is 0 Å². The zero-order valence-electron chi connectivity index (χ0n) is 8.37. The van der Waals surface area contributed by atoms with Gasteiger partial charge in [0.05, 0.1) is 5.02 Å². The number of hydrogen-bond acceptors (Lipinski definition) is 2. The minimum absolute atomic E-state index is 0.594. The summed E-state index contributed by atoms with van der Waals surface area (Å²) in [6.07, 6.45) is 2.44. The Balaban J connectivity index is 1.97. The van der Waals surface area contributed by atoms with E-state index in [1.807, 2.05) is 18.2 Å². The average molecular weight is 299 g/mol. The number of benzene rings is 1. The van der Waals surface area contributed by atoms with Crippen LogP contribution >= 0.6 is 27.5 Å². The first kappa shape index (κ1) is 10.3. The molecular weight excluding hydrogens is 289 g/mol. The van der Waals surface area contributed by atoms with Crippen LogP contribution in [0.4, 0.5) is 0 Å². The number of H-pyrrole nitrogens is 1. The molecule has 1 aliphatic rings. The normalized spacial score (nSPS) is 15.4. The van der Waals surface area contributed by atoms with E-state index in [4.69, 9.17) is 11.6 Å². The van der Waals surface area contributed by atoms with Crippen LogP contribution < -0.4 is 0 Å². The van der Waals surface area contributed by atoms with Gasteiger partial charge in [0.1, 0.15) is 5.82 Å². The van der Waals surface area contributed by atoms with Crippen LogP contribution in [0.5, 0.6) is 0 Å². The van der Waals surface area contributed by atoms with Crippen LogP contribution in [-0.4, -0.2) is 15.2 Å². The first-order valence-electron chi connectivity index (χ1n) is 5.12. The second kappa shape index (κ2) is 3.86. The van der Waals surface area contributed by atoms with E-state index in [1.54, 1.807) is 0 Å². The maximum atomic E-state index is 5.94. The maximum absolute atomic E-state index is 5.94. The molecule has 0 saturated heterocycles. The molecule has 1 saturated carbocycles. The summed E-state index contributed by atoms with van der Waals surface area (Å²) in [5.41, 5.74) is 0.972. The molecule has 2 aromatic rings. The predicted molar refractivity (Wildman–Crippen MR) is 66.5 cm³/mol. The minimum Gasteiger partial charge on any atom is -0.262 e. The zero-order chi connectivity index (χ0) is 11.1. The number of hydrogen-bond donors (Lipinski definition) is 1. The van der Waals surface area contributed by atoms with Crippen molar-refractivity contribution in [3.63, 3.8) is 0 Å². The summed E-state index contributed by atoms with van der Waals surface area (Å²) in [7, 11) is 0. The average Bonchev–Trinajstić information content (AvgIpc) is 3.01. The van der Waals surface area contributed by atoms with Gasteiger partial charge in [0.15, 0.2) is 5.82 Å². The molecule has 82 valence electrons. The maximum Gasteiger partial charge on any atom is 0.181 e. The summed E-state index contributed by atoms with van der Waals surface area (Å²) in [6.45, 7) is 0. The molecule has 0 bridgehead atoms. The van der Waals surface area contributed by atoms with Gasteiger partial charge in [-0.05, 0) is 47.0 Å². The molecule has 0 amide bonds. The quantitative estimate of drug-likeness (QED) is 0.917. The topological polar surface area (TPSA) is 41.6 Å². The van der Waals surface area contributed by atoms with E-state index < -0.39 is 0 Å². The van der Waals surface area contributed by atoms with Gasteiger partial charge in [-0.1, -0.05) is 11.6 Å². The first-order valence-corrected chi connectivity index (χ1v) is 6.29. The van der Waals surface area contributed by atoms with Gasteiger partial charge in [0.2, 0.25) is 0 Å². The molecule has 3 nitrogen and oxygen atoms in total. The minimum atomic E-state index is 0.594.